The number of aryl methyl sites for hydroxylation is 1. The summed E-state index contributed by atoms with van der Waals surface area (Å²) in [6, 6.07) is 12.8. The molecule has 1 aromatic carbocycles. The maximum Gasteiger partial charge on any atom is 0.0707 e. The van der Waals surface area contributed by atoms with E-state index in [1.807, 2.05) is 12.3 Å². The third-order valence-electron chi connectivity index (χ3n) is 5.70. The normalized spacial score (nSPS) is 12.9. The van der Waals surface area contributed by atoms with E-state index in [0.29, 0.717) is 5.92 Å². The van der Waals surface area contributed by atoms with Crippen LogP contribution in [0.4, 0.5) is 0 Å². The molecular weight excluding hydrogens is 378 g/mol. The van der Waals surface area contributed by atoms with E-state index in [9.17, 15) is 0 Å². The van der Waals surface area contributed by atoms with Gasteiger partial charge in [-0.2, -0.15) is 0 Å². The molecule has 0 radical (unpaired) electrons. The lowest BCUT2D eigenvalue weighted by molar-refractivity contribution is 0.277. The predicted octanol–water partition coefficient (Wildman–Crippen LogP) is 7.08. The van der Waals surface area contributed by atoms with Gasteiger partial charge < -0.3 is 4.90 Å². The number of benzene rings is 1. The molecule has 168 valence electrons. The molecule has 31 heavy (non-hydrogen) atoms. The highest BCUT2D eigenvalue weighted by Gasteiger charge is 2.16. The number of rotatable bonds is 14. The number of pyridine rings is 1. The van der Waals surface area contributed by atoms with Crippen LogP contribution in [0.3, 0.4) is 0 Å². The Balaban J connectivity index is 2.00. The minimum Gasteiger partial charge on any atom is -0.302 e. The summed E-state index contributed by atoms with van der Waals surface area (Å²) in [6.07, 6.45) is 14.3. The van der Waals surface area contributed by atoms with Crippen molar-refractivity contribution in [3.05, 3.63) is 65.9 Å². The van der Waals surface area contributed by atoms with Gasteiger partial charge in [0, 0.05) is 24.2 Å². The third kappa shape index (κ3) is 8.41. The Bertz CT molecular complexity index is 795. The molecule has 1 heterocycles. The van der Waals surface area contributed by atoms with Crippen molar-refractivity contribution < 1.29 is 0 Å². The van der Waals surface area contributed by atoms with Crippen LogP contribution in [0.1, 0.15) is 69.9 Å². The van der Waals surface area contributed by atoms with Gasteiger partial charge >= 0.3 is 0 Å². The minimum atomic E-state index is 0.370. The van der Waals surface area contributed by atoms with Crippen LogP contribution in [0, 0.1) is 6.92 Å². The zero-order valence-electron chi connectivity index (χ0n) is 20.1. The quantitative estimate of drug-likeness (QED) is 0.242. The van der Waals surface area contributed by atoms with Crippen molar-refractivity contribution in [1.29, 1.82) is 0 Å². The van der Waals surface area contributed by atoms with Crippen molar-refractivity contribution in [2.24, 2.45) is 4.99 Å². The Labute approximate surface area is 190 Å². The van der Waals surface area contributed by atoms with E-state index >= 15 is 0 Å². The first kappa shape index (κ1) is 25.0. The second-order valence-electron chi connectivity index (χ2n) is 8.25. The Morgan fingerprint density at radius 1 is 1.03 bits per heavy atom. The molecule has 0 spiro atoms. The molecule has 2 aromatic rings. The van der Waals surface area contributed by atoms with Crippen LogP contribution in [0.15, 0.2) is 59.7 Å². The SMILES string of the molecule is C/C=C\C(CC/C=N\CCN(CCC)CCCC)c1cccc(C)c1-c1ccccn1. The van der Waals surface area contributed by atoms with Gasteiger partial charge in [0.2, 0.25) is 0 Å². The van der Waals surface area contributed by atoms with Gasteiger partial charge in [0.15, 0.2) is 0 Å². The number of unbranched alkanes of at least 4 members (excludes halogenated alkanes) is 1. The first-order chi connectivity index (χ1) is 15.2. The molecular formula is C28H41N3. The van der Waals surface area contributed by atoms with Crippen molar-refractivity contribution in [3.8, 4) is 11.3 Å². The number of hydrogen-bond acceptors (Lipinski definition) is 3. The summed E-state index contributed by atoms with van der Waals surface area (Å²) in [7, 11) is 0. The Morgan fingerprint density at radius 2 is 1.90 bits per heavy atom. The number of allylic oxidation sites excluding steroid dienone is 2. The molecule has 0 fully saturated rings. The van der Waals surface area contributed by atoms with Crippen molar-refractivity contribution >= 4 is 6.21 Å². The molecule has 0 bridgehead atoms. The summed E-state index contributed by atoms with van der Waals surface area (Å²) >= 11 is 0. The number of aliphatic imine (C=N–C) groups is 1. The maximum atomic E-state index is 4.72. The van der Waals surface area contributed by atoms with E-state index in [2.05, 4.69) is 86.3 Å². The van der Waals surface area contributed by atoms with E-state index < -0.39 is 0 Å². The highest BCUT2D eigenvalue weighted by molar-refractivity contribution is 5.69. The average Bonchev–Trinajstić information content (AvgIpc) is 2.79. The number of aromatic nitrogens is 1. The van der Waals surface area contributed by atoms with Crippen LogP contribution in [0.25, 0.3) is 11.3 Å². The molecule has 1 atom stereocenters. The van der Waals surface area contributed by atoms with Crippen molar-refractivity contribution in [2.75, 3.05) is 26.2 Å². The van der Waals surface area contributed by atoms with Crippen LogP contribution < -0.4 is 0 Å². The standard InChI is InChI=1S/C28H41N3/c1-5-8-22-31(21-7-3)23-20-29-18-12-15-25(13-6-2)26-16-11-14-24(4)28(26)27-17-9-10-19-30-27/h6,9-11,13-14,16-19,25H,5,7-8,12,15,20-23H2,1-4H3/b13-6-,29-18-. The van der Waals surface area contributed by atoms with Crippen molar-refractivity contribution in [2.45, 2.75) is 65.7 Å². The van der Waals surface area contributed by atoms with E-state index in [4.69, 9.17) is 4.99 Å². The second-order valence-corrected chi connectivity index (χ2v) is 8.25. The molecule has 0 N–H and O–H groups in total. The molecule has 0 aliphatic carbocycles. The summed E-state index contributed by atoms with van der Waals surface area (Å²) in [5, 5.41) is 0. The summed E-state index contributed by atoms with van der Waals surface area (Å²) in [5.74, 6) is 0.370. The van der Waals surface area contributed by atoms with Crippen molar-refractivity contribution in [3.63, 3.8) is 0 Å². The molecule has 0 aliphatic rings. The van der Waals surface area contributed by atoms with E-state index in [-0.39, 0.29) is 0 Å². The highest BCUT2D eigenvalue weighted by atomic mass is 15.1. The highest BCUT2D eigenvalue weighted by Crippen LogP contribution is 2.34. The maximum absolute atomic E-state index is 4.72. The molecule has 0 saturated carbocycles. The van der Waals surface area contributed by atoms with Gasteiger partial charge in [-0.3, -0.25) is 9.98 Å². The fourth-order valence-corrected chi connectivity index (χ4v) is 4.12. The smallest absolute Gasteiger partial charge is 0.0707 e. The van der Waals surface area contributed by atoms with Gasteiger partial charge in [0.25, 0.3) is 0 Å². The molecule has 0 saturated heterocycles. The first-order valence-corrected chi connectivity index (χ1v) is 12.1. The minimum absolute atomic E-state index is 0.370. The van der Waals surface area contributed by atoms with Gasteiger partial charge in [-0.15, -0.1) is 0 Å². The second kappa shape index (κ2) is 14.7. The fourth-order valence-electron chi connectivity index (χ4n) is 4.12. The van der Waals surface area contributed by atoms with Crippen LogP contribution in [0.2, 0.25) is 0 Å². The Hall–Kier alpha value is -2.26. The van der Waals surface area contributed by atoms with E-state index in [1.54, 1.807) is 0 Å². The summed E-state index contributed by atoms with van der Waals surface area (Å²) in [4.78, 5) is 11.9. The summed E-state index contributed by atoms with van der Waals surface area (Å²) in [5.41, 5.74) is 4.97. The summed E-state index contributed by atoms with van der Waals surface area (Å²) in [6.45, 7) is 13.2. The van der Waals surface area contributed by atoms with Crippen LogP contribution in [-0.4, -0.2) is 42.3 Å². The first-order valence-electron chi connectivity index (χ1n) is 12.1. The third-order valence-corrected chi connectivity index (χ3v) is 5.70. The zero-order valence-corrected chi connectivity index (χ0v) is 20.1. The van der Waals surface area contributed by atoms with Gasteiger partial charge in [0.1, 0.15) is 0 Å². The number of hydrogen-bond donors (Lipinski definition) is 0. The fraction of sp³-hybridized carbons (Fsp3) is 0.500. The lowest BCUT2D eigenvalue weighted by Gasteiger charge is -2.20. The lowest BCUT2D eigenvalue weighted by atomic mass is 9.86. The monoisotopic (exact) mass is 419 g/mol. The molecule has 1 unspecified atom stereocenters. The molecule has 3 nitrogen and oxygen atoms in total. The van der Waals surface area contributed by atoms with Gasteiger partial charge in [0.05, 0.1) is 12.2 Å². The lowest BCUT2D eigenvalue weighted by Crippen LogP contribution is -2.28. The summed E-state index contributed by atoms with van der Waals surface area (Å²) < 4.78 is 0. The molecule has 0 amide bonds. The zero-order chi connectivity index (χ0) is 22.3. The molecule has 3 heteroatoms. The topological polar surface area (TPSA) is 28.5 Å². The van der Waals surface area contributed by atoms with E-state index in [0.717, 1.165) is 31.6 Å². The largest absolute Gasteiger partial charge is 0.302 e. The molecule has 0 aliphatic heterocycles. The predicted molar refractivity (Wildman–Crippen MR) is 136 cm³/mol. The van der Waals surface area contributed by atoms with Crippen LogP contribution in [-0.2, 0) is 0 Å². The van der Waals surface area contributed by atoms with Crippen LogP contribution in [0.5, 0.6) is 0 Å². The van der Waals surface area contributed by atoms with Crippen LogP contribution >= 0.6 is 0 Å². The van der Waals surface area contributed by atoms with E-state index in [1.165, 1.54) is 49.0 Å². The van der Waals surface area contributed by atoms with Gasteiger partial charge in [-0.05, 0) is 82.1 Å². The van der Waals surface area contributed by atoms with Crippen molar-refractivity contribution in [1.82, 2.24) is 9.88 Å². The Kier molecular flexibility index (Phi) is 11.9. The molecule has 2 rings (SSSR count). The molecule has 1 aromatic heterocycles. The Morgan fingerprint density at radius 3 is 2.61 bits per heavy atom. The average molecular weight is 420 g/mol. The number of nitrogens with zero attached hydrogens (tertiary/aromatic N) is 3. The van der Waals surface area contributed by atoms with Gasteiger partial charge in [-0.25, -0.2) is 0 Å². The van der Waals surface area contributed by atoms with Gasteiger partial charge in [-0.1, -0.05) is 56.7 Å².